The zero-order chi connectivity index (χ0) is 22.7. The van der Waals surface area contributed by atoms with Crippen molar-refractivity contribution in [1.29, 1.82) is 5.26 Å². The number of aromatic nitrogens is 1. The maximum Gasteiger partial charge on any atom is 0.323 e. The number of benzene rings is 3. The van der Waals surface area contributed by atoms with Crippen LogP contribution >= 0.6 is 0 Å². The summed E-state index contributed by atoms with van der Waals surface area (Å²) in [5.41, 5.74) is 2.08. The second-order valence-electron chi connectivity index (χ2n) is 7.34. The van der Waals surface area contributed by atoms with Crippen LogP contribution in [0.1, 0.15) is 12.5 Å². The number of carboxylic acid groups (broad SMARTS) is 1. The zero-order valence-corrected chi connectivity index (χ0v) is 17.5. The molecule has 1 aromatic heterocycles. The van der Waals surface area contributed by atoms with Gasteiger partial charge in [-0.25, -0.2) is 0 Å². The quantitative estimate of drug-likeness (QED) is 0.355. The molecule has 6 heteroatoms. The molecule has 0 aliphatic rings. The lowest BCUT2D eigenvalue weighted by molar-refractivity contribution is -0.137. The van der Waals surface area contributed by atoms with Crippen molar-refractivity contribution >= 4 is 45.3 Å². The van der Waals surface area contributed by atoms with Crippen LogP contribution in [0.5, 0.6) is 0 Å². The second kappa shape index (κ2) is 8.78. The number of nitrogens with zero attached hydrogens (tertiary/aromatic N) is 3. The number of carbonyl (C=O) groups excluding carboxylic acids is 1. The summed E-state index contributed by atoms with van der Waals surface area (Å²) < 4.78 is 1.60. The standard InChI is InChI=1S/C26H21N3O3/c1-2-29(24-13-7-9-18-8-3-4-10-21(18)24)26(32)19(15-27)14-20-16-28(17-25(30)31)23-12-6-5-11-22(20)23/h3-14,16H,2,17H2,1H3,(H,30,31)/b19-14+. The Balaban J connectivity index is 1.79. The molecule has 1 amide bonds. The van der Waals surface area contributed by atoms with E-state index >= 15 is 0 Å². The fraction of sp³-hybridized carbons (Fsp3) is 0.115. The van der Waals surface area contributed by atoms with Crippen LogP contribution in [0, 0.1) is 11.3 Å². The van der Waals surface area contributed by atoms with Crippen molar-refractivity contribution in [3.8, 4) is 6.07 Å². The normalized spacial score (nSPS) is 11.4. The topological polar surface area (TPSA) is 86.3 Å². The van der Waals surface area contributed by atoms with Gasteiger partial charge >= 0.3 is 5.97 Å². The van der Waals surface area contributed by atoms with Crippen LogP contribution in [0.4, 0.5) is 5.69 Å². The van der Waals surface area contributed by atoms with E-state index in [4.69, 9.17) is 0 Å². The highest BCUT2D eigenvalue weighted by atomic mass is 16.4. The molecule has 4 rings (SSSR count). The number of hydrogen-bond donors (Lipinski definition) is 1. The Hall–Kier alpha value is -4.37. The molecular formula is C26H21N3O3. The summed E-state index contributed by atoms with van der Waals surface area (Å²) >= 11 is 0. The highest BCUT2D eigenvalue weighted by Crippen LogP contribution is 2.29. The number of likely N-dealkylation sites (N-methyl/N-ethyl adjacent to an activating group) is 1. The van der Waals surface area contributed by atoms with Gasteiger partial charge < -0.3 is 14.6 Å². The molecule has 1 heterocycles. The summed E-state index contributed by atoms with van der Waals surface area (Å²) in [6.45, 7) is 2.06. The van der Waals surface area contributed by atoms with E-state index in [-0.39, 0.29) is 12.1 Å². The van der Waals surface area contributed by atoms with Crippen molar-refractivity contribution in [1.82, 2.24) is 4.57 Å². The molecule has 0 aliphatic carbocycles. The third-order valence-corrected chi connectivity index (χ3v) is 5.39. The summed E-state index contributed by atoms with van der Waals surface area (Å²) in [6.07, 6.45) is 3.20. The average Bonchev–Trinajstić information content (AvgIpc) is 3.14. The van der Waals surface area contributed by atoms with Crippen molar-refractivity contribution in [2.45, 2.75) is 13.5 Å². The Labute approximate surface area is 185 Å². The van der Waals surface area contributed by atoms with Gasteiger partial charge in [0, 0.05) is 34.6 Å². The number of fused-ring (bicyclic) bond motifs is 2. The third kappa shape index (κ3) is 3.84. The lowest BCUT2D eigenvalue weighted by Crippen LogP contribution is -2.31. The predicted molar refractivity (Wildman–Crippen MR) is 125 cm³/mol. The fourth-order valence-electron chi connectivity index (χ4n) is 3.98. The Morgan fingerprint density at radius 3 is 2.44 bits per heavy atom. The number of rotatable bonds is 6. The molecule has 3 aromatic carbocycles. The van der Waals surface area contributed by atoms with E-state index in [1.54, 1.807) is 15.7 Å². The van der Waals surface area contributed by atoms with Gasteiger partial charge in [0.15, 0.2) is 0 Å². The monoisotopic (exact) mass is 423 g/mol. The van der Waals surface area contributed by atoms with Gasteiger partial charge in [0.25, 0.3) is 5.91 Å². The third-order valence-electron chi connectivity index (χ3n) is 5.39. The molecule has 0 fully saturated rings. The van der Waals surface area contributed by atoms with Gasteiger partial charge in [-0.15, -0.1) is 0 Å². The van der Waals surface area contributed by atoms with Gasteiger partial charge in [-0.3, -0.25) is 9.59 Å². The van der Waals surface area contributed by atoms with Crippen LogP contribution in [0.25, 0.3) is 27.8 Å². The van der Waals surface area contributed by atoms with Gasteiger partial charge in [0.2, 0.25) is 0 Å². The number of carboxylic acids is 1. The molecule has 6 nitrogen and oxygen atoms in total. The molecular weight excluding hydrogens is 402 g/mol. The molecule has 0 aliphatic heterocycles. The molecule has 0 atom stereocenters. The minimum atomic E-state index is -0.967. The van der Waals surface area contributed by atoms with Crippen LogP contribution in [0.2, 0.25) is 0 Å². The van der Waals surface area contributed by atoms with Gasteiger partial charge in [-0.1, -0.05) is 54.6 Å². The van der Waals surface area contributed by atoms with Crippen LogP contribution < -0.4 is 4.90 Å². The van der Waals surface area contributed by atoms with Crippen LogP contribution in [-0.2, 0) is 16.1 Å². The number of hydrogen-bond acceptors (Lipinski definition) is 3. The summed E-state index contributed by atoms with van der Waals surface area (Å²) in [4.78, 5) is 26.3. The van der Waals surface area contributed by atoms with Crippen molar-refractivity contribution < 1.29 is 14.7 Å². The predicted octanol–water partition coefficient (Wildman–Crippen LogP) is 4.84. The van der Waals surface area contributed by atoms with Crippen LogP contribution in [-0.4, -0.2) is 28.1 Å². The minimum Gasteiger partial charge on any atom is -0.480 e. The molecule has 1 N–H and O–H groups in total. The smallest absolute Gasteiger partial charge is 0.323 e. The first-order valence-electron chi connectivity index (χ1n) is 10.2. The molecule has 0 radical (unpaired) electrons. The van der Waals surface area contributed by atoms with E-state index in [9.17, 15) is 20.0 Å². The molecule has 0 unspecified atom stereocenters. The van der Waals surface area contributed by atoms with E-state index in [0.717, 1.165) is 27.4 Å². The zero-order valence-electron chi connectivity index (χ0n) is 17.5. The van der Waals surface area contributed by atoms with Crippen LogP contribution in [0.15, 0.2) is 78.5 Å². The number of nitriles is 1. The van der Waals surface area contributed by atoms with E-state index in [0.29, 0.717) is 12.1 Å². The number of anilines is 1. The first-order valence-corrected chi connectivity index (χ1v) is 10.2. The highest BCUT2D eigenvalue weighted by Gasteiger charge is 2.21. The second-order valence-corrected chi connectivity index (χ2v) is 7.34. The fourth-order valence-corrected chi connectivity index (χ4v) is 3.98. The lowest BCUT2D eigenvalue weighted by atomic mass is 10.1. The first kappa shape index (κ1) is 20.9. The highest BCUT2D eigenvalue weighted by molar-refractivity contribution is 6.15. The van der Waals surface area contributed by atoms with Crippen molar-refractivity contribution in [3.63, 3.8) is 0 Å². The maximum absolute atomic E-state index is 13.4. The average molecular weight is 423 g/mol. The van der Waals surface area contributed by atoms with Crippen molar-refractivity contribution in [2.75, 3.05) is 11.4 Å². The number of para-hydroxylation sites is 1. The van der Waals surface area contributed by atoms with E-state index in [1.807, 2.05) is 79.7 Å². The lowest BCUT2D eigenvalue weighted by Gasteiger charge is -2.22. The summed E-state index contributed by atoms with van der Waals surface area (Å²) in [7, 11) is 0. The molecule has 0 saturated carbocycles. The van der Waals surface area contributed by atoms with Gasteiger partial charge in [0.1, 0.15) is 18.2 Å². The molecule has 0 bridgehead atoms. The van der Waals surface area contributed by atoms with Crippen LogP contribution in [0.3, 0.4) is 0 Å². The van der Waals surface area contributed by atoms with E-state index in [1.165, 1.54) is 6.08 Å². The van der Waals surface area contributed by atoms with Crippen molar-refractivity contribution in [3.05, 3.63) is 84.1 Å². The summed E-state index contributed by atoms with van der Waals surface area (Å²) in [6, 6.07) is 22.9. The van der Waals surface area contributed by atoms with Gasteiger partial charge in [-0.2, -0.15) is 5.26 Å². The largest absolute Gasteiger partial charge is 0.480 e. The molecule has 32 heavy (non-hydrogen) atoms. The Morgan fingerprint density at radius 1 is 1.03 bits per heavy atom. The molecule has 0 saturated heterocycles. The molecule has 0 spiro atoms. The molecule has 4 aromatic rings. The Morgan fingerprint density at radius 2 is 1.72 bits per heavy atom. The molecule has 158 valence electrons. The Kier molecular flexibility index (Phi) is 5.73. The van der Waals surface area contributed by atoms with E-state index < -0.39 is 11.9 Å². The summed E-state index contributed by atoms with van der Waals surface area (Å²) in [5, 5.41) is 21.8. The minimum absolute atomic E-state index is 0.0157. The van der Waals surface area contributed by atoms with E-state index in [2.05, 4.69) is 0 Å². The van der Waals surface area contributed by atoms with Crippen molar-refractivity contribution in [2.24, 2.45) is 0 Å². The SMILES string of the molecule is CCN(C(=O)/C(C#N)=C/c1cn(CC(=O)O)c2ccccc12)c1cccc2ccccc12. The van der Waals surface area contributed by atoms with Gasteiger partial charge in [0.05, 0.1) is 5.69 Å². The summed E-state index contributed by atoms with van der Waals surface area (Å²) in [5.74, 6) is -1.37. The number of carbonyl (C=O) groups is 2. The number of aliphatic carboxylic acids is 1. The maximum atomic E-state index is 13.4. The van der Waals surface area contributed by atoms with Gasteiger partial charge in [-0.05, 0) is 30.5 Å². The first-order chi connectivity index (χ1) is 15.5. The Bertz CT molecular complexity index is 1400. The number of amides is 1.